The predicted molar refractivity (Wildman–Crippen MR) is 124 cm³/mol. The molecule has 0 saturated heterocycles. The van der Waals surface area contributed by atoms with Gasteiger partial charge >= 0.3 is 0 Å². The number of hydrogen-bond acceptors (Lipinski definition) is 3. The summed E-state index contributed by atoms with van der Waals surface area (Å²) in [5, 5.41) is 13.4. The summed E-state index contributed by atoms with van der Waals surface area (Å²) in [4.78, 5) is 10.6. The first-order chi connectivity index (χ1) is 14.1. The van der Waals surface area contributed by atoms with Crippen molar-refractivity contribution >= 4 is 52.8 Å². The van der Waals surface area contributed by atoms with Crippen LogP contribution in [-0.4, -0.2) is 21.4 Å². The molecule has 0 spiro atoms. The molecule has 1 amide bonds. The van der Waals surface area contributed by atoms with Crippen LogP contribution in [0.5, 0.6) is 0 Å². The molecule has 0 saturated carbocycles. The number of carbonyl (C=O) groups excluding carboxylic acids is 1. The smallest absolute Gasteiger partial charge is 0.207 e. The summed E-state index contributed by atoms with van der Waals surface area (Å²) in [5.74, 6) is 0. The number of rotatable bonds is 6. The van der Waals surface area contributed by atoms with Crippen LogP contribution in [-0.2, 0) is 23.3 Å². The van der Waals surface area contributed by atoms with Gasteiger partial charge in [-0.2, -0.15) is 0 Å². The number of aromatic nitrogens is 3. The van der Waals surface area contributed by atoms with E-state index in [1.807, 2.05) is 51.2 Å². The monoisotopic (exact) mass is 486 g/mol. The van der Waals surface area contributed by atoms with Gasteiger partial charge in [0.05, 0.1) is 21.8 Å². The van der Waals surface area contributed by atoms with Crippen molar-refractivity contribution in [1.29, 1.82) is 0 Å². The summed E-state index contributed by atoms with van der Waals surface area (Å²) in [6, 6.07) is 11.0. The third-order valence-corrected chi connectivity index (χ3v) is 5.39. The van der Waals surface area contributed by atoms with Crippen molar-refractivity contribution in [3.63, 3.8) is 0 Å². The fourth-order valence-electron chi connectivity index (χ4n) is 2.55. The van der Waals surface area contributed by atoms with E-state index in [9.17, 15) is 4.79 Å². The van der Waals surface area contributed by atoms with Gasteiger partial charge in [0, 0.05) is 16.6 Å². The van der Waals surface area contributed by atoms with Gasteiger partial charge < -0.3 is 5.32 Å². The van der Waals surface area contributed by atoms with Crippen LogP contribution < -0.4 is 5.32 Å². The van der Waals surface area contributed by atoms with Crippen molar-refractivity contribution in [3.05, 3.63) is 79.5 Å². The van der Waals surface area contributed by atoms with E-state index in [0.717, 1.165) is 17.5 Å². The Kier molecular flexibility index (Phi) is 8.98. The molecule has 0 bridgehead atoms. The highest BCUT2D eigenvalue weighted by molar-refractivity contribution is 6.42. The average molecular weight is 488 g/mol. The number of carbonyl (C=O) groups is 1. The molecule has 0 radical (unpaired) electrons. The van der Waals surface area contributed by atoms with Crippen molar-refractivity contribution in [2.75, 3.05) is 0 Å². The number of aryl methyl sites for hydroxylation is 3. The largest absolute Gasteiger partial charge is 0.348 e. The topological polar surface area (TPSA) is 59.8 Å². The highest BCUT2D eigenvalue weighted by Gasteiger charge is 2.23. The molecule has 0 fully saturated rings. The SMILES string of the molecule is CC(C)(NC=O)c1cn(CCc2ccc(Cl)c(Cl)c2)nn1.Cc1cc(Cl)cc(Cl)c1. The maximum atomic E-state index is 10.6. The van der Waals surface area contributed by atoms with Crippen molar-refractivity contribution in [2.45, 2.75) is 39.3 Å². The highest BCUT2D eigenvalue weighted by atomic mass is 35.5. The molecule has 0 aliphatic rings. The summed E-state index contributed by atoms with van der Waals surface area (Å²) in [7, 11) is 0. The van der Waals surface area contributed by atoms with E-state index >= 15 is 0 Å². The zero-order valence-electron chi connectivity index (χ0n) is 16.8. The minimum absolute atomic E-state index is 0.538. The van der Waals surface area contributed by atoms with Gasteiger partial charge in [-0.1, -0.05) is 57.7 Å². The lowest BCUT2D eigenvalue weighted by Gasteiger charge is -2.20. The second kappa shape index (κ2) is 11.0. The summed E-state index contributed by atoms with van der Waals surface area (Å²) in [6.07, 6.45) is 3.25. The maximum Gasteiger partial charge on any atom is 0.207 e. The van der Waals surface area contributed by atoms with E-state index in [2.05, 4.69) is 15.6 Å². The molecule has 3 aromatic rings. The molecule has 160 valence electrons. The average Bonchev–Trinajstić information content (AvgIpc) is 3.12. The molecule has 1 N–H and O–H groups in total. The van der Waals surface area contributed by atoms with Crippen LogP contribution in [0.15, 0.2) is 42.6 Å². The van der Waals surface area contributed by atoms with Crippen molar-refractivity contribution in [2.24, 2.45) is 0 Å². The fraction of sp³-hybridized carbons (Fsp3) is 0.286. The van der Waals surface area contributed by atoms with Crippen LogP contribution >= 0.6 is 46.4 Å². The quantitative estimate of drug-likeness (QED) is 0.426. The summed E-state index contributed by atoms with van der Waals surface area (Å²) in [6.45, 7) is 6.36. The molecule has 0 unspecified atom stereocenters. The molecule has 30 heavy (non-hydrogen) atoms. The molecule has 0 aliphatic heterocycles. The van der Waals surface area contributed by atoms with Crippen LogP contribution in [0.4, 0.5) is 0 Å². The Morgan fingerprint density at radius 3 is 2.27 bits per heavy atom. The maximum absolute atomic E-state index is 10.6. The van der Waals surface area contributed by atoms with Crippen molar-refractivity contribution in [3.8, 4) is 0 Å². The zero-order chi connectivity index (χ0) is 22.3. The predicted octanol–water partition coefficient (Wildman–Crippen LogP) is 6.11. The number of benzene rings is 2. The minimum atomic E-state index is -0.538. The van der Waals surface area contributed by atoms with Gasteiger partial charge in [-0.15, -0.1) is 5.10 Å². The lowest BCUT2D eigenvalue weighted by atomic mass is 10.0. The van der Waals surface area contributed by atoms with Crippen LogP contribution in [0.25, 0.3) is 0 Å². The van der Waals surface area contributed by atoms with E-state index in [0.29, 0.717) is 38.7 Å². The third kappa shape index (κ3) is 7.47. The van der Waals surface area contributed by atoms with Gasteiger partial charge in [0.2, 0.25) is 6.41 Å². The second-order valence-electron chi connectivity index (χ2n) is 7.20. The first-order valence-corrected chi connectivity index (χ1v) is 10.6. The molecular weight excluding hydrogens is 466 g/mol. The Morgan fingerprint density at radius 2 is 1.70 bits per heavy atom. The number of halogens is 4. The molecule has 5 nitrogen and oxygen atoms in total. The summed E-state index contributed by atoms with van der Waals surface area (Å²) >= 11 is 23.2. The van der Waals surface area contributed by atoms with Crippen LogP contribution in [0, 0.1) is 6.92 Å². The Hall–Kier alpha value is -1.79. The number of nitrogens with zero attached hydrogens (tertiary/aromatic N) is 3. The lowest BCUT2D eigenvalue weighted by molar-refractivity contribution is -0.111. The van der Waals surface area contributed by atoms with Gasteiger partial charge in [-0.05, 0) is 68.7 Å². The van der Waals surface area contributed by atoms with Gasteiger partial charge in [-0.25, -0.2) is 0 Å². The van der Waals surface area contributed by atoms with Gasteiger partial charge in [0.1, 0.15) is 5.69 Å². The second-order valence-corrected chi connectivity index (χ2v) is 8.89. The normalized spacial score (nSPS) is 10.9. The first-order valence-electron chi connectivity index (χ1n) is 9.09. The molecule has 3 rings (SSSR count). The minimum Gasteiger partial charge on any atom is -0.348 e. The Balaban J connectivity index is 0.000000297. The Bertz CT molecular complexity index is 954. The molecule has 0 aliphatic carbocycles. The molecule has 2 aromatic carbocycles. The molecule has 9 heteroatoms. The first kappa shape index (κ1) is 24.5. The van der Waals surface area contributed by atoms with E-state index in [1.54, 1.807) is 16.8 Å². The standard InChI is InChI=1S/C14H16Cl2N4O.C7H6Cl2/c1-14(2,17-9-21)13-8-20(19-18-13)6-5-10-3-4-11(15)12(16)7-10;1-5-2-6(8)4-7(9)3-5/h3-4,7-9H,5-6H2,1-2H3,(H,17,21);2-4H,1H3. The van der Waals surface area contributed by atoms with Gasteiger partial charge in [-0.3, -0.25) is 9.48 Å². The Morgan fingerprint density at radius 1 is 1.03 bits per heavy atom. The summed E-state index contributed by atoms with van der Waals surface area (Å²) < 4.78 is 1.74. The number of hydrogen-bond donors (Lipinski definition) is 1. The molecule has 0 atom stereocenters. The third-order valence-electron chi connectivity index (χ3n) is 4.22. The number of amides is 1. The van der Waals surface area contributed by atoms with Crippen LogP contribution in [0.3, 0.4) is 0 Å². The van der Waals surface area contributed by atoms with Crippen LogP contribution in [0.2, 0.25) is 20.1 Å². The molecular formula is C21H22Cl4N4O. The van der Waals surface area contributed by atoms with E-state index in [4.69, 9.17) is 46.4 Å². The lowest BCUT2D eigenvalue weighted by Crippen LogP contribution is -2.35. The highest BCUT2D eigenvalue weighted by Crippen LogP contribution is 2.23. The molecule has 1 aromatic heterocycles. The number of nitrogens with one attached hydrogen (secondary N) is 1. The van der Waals surface area contributed by atoms with E-state index in [1.165, 1.54) is 0 Å². The van der Waals surface area contributed by atoms with Crippen LogP contribution in [0.1, 0.15) is 30.7 Å². The van der Waals surface area contributed by atoms with E-state index in [-0.39, 0.29) is 0 Å². The Labute approximate surface area is 196 Å². The molecule has 1 heterocycles. The van der Waals surface area contributed by atoms with Crippen molar-refractivity contribution in [1.82, 2.24) is 20.3 Å². The van der Waals surface area contributed by atoms with Gasteiger partial charge in [0.15, 0.2) is 0 Å². The summed E-state index contributed by atoms with van der Waals surface area (Å²) in [5.41, 5.74) is 2.34. The zero-order valence-corrected chi connectivity index (χ0v) is 19.8. The van der Waals surface area contributed by atoms with Gasteiger partial charge in [0.25, 0.3) is 0 Å². The van der Waals surface area contributed by atoms with E-state index < -0.39 is 5.54 Å². The fourth-order valence-corrected chi connectivity index (χ4v) is 3.50. The van der Waals surface area contributed by atoms with Crippen molar-refractivity contribution < 1.29 is 4.79 Å².